The normalized spacial score (nSPS) is 15.4. The van der Waals surface area contributed by atoms with Gasteiger partial charge in [-0.15, -0.1) is 0 Å². The quantitative estimate of drug-likeness (QED) is 0.722. The van der Waals surface area contributed by atoms with Gasteiger partial charge in [-0.05, 0) is 47.5 Å². The van der Waals surface area contributed by atoms with Crippen molar-refractivity contribution in [2.45, 2.75) is 18.9 Å². The molecule has 0 atom stereocenters. The van der Waals surface area contributed by atoms with E-state index < -0.39 is 0 Å². The SMILES string of the molecule is O=C(c1ccco1)N1CCC(n2nnn(-c3ccccc3)c2=O)CC1. The minimum absolute atomic E-state index is 0.0642. The summed E-state index contributed by atoms with van der Waals surface area (Å²) in [4.78, 5) is 26.6. The van der Waals surface area contributed by atoms with Gasteiger partial charge in [-0.25, -0.2) is 4.79 Å². The number of para-hydroxylation sites is 1. The minimum Gasteiger partial charge on any atom is -0.459 e. The summed E-state index contributed by atoms with van der Waals surface area (Å²) in [6.45, 7) is 1.10. The number of amides is 1. The van der Waals surface area contributed by atoms with Gasteiger partial charge >= 0.3 is 5.69 Å². The number of hydrogen-bond donors (Lipinski definition) is 0. The molecule has 1 saturated heterocycles. The number of rotatable bonds is 3. The first-order valence-electron chi connectivity index (χ1n) is 8.17. The van der Waals surface area contributed by atoms with Crippen LogP contribution in [0.15, 0.2) is 57.9 Å². The number of furan rings is 1. The molecule has 8 heteroatoms. The molecular formula is C17H17N5O3. The molecule has 0 unspecified atom stereocenters. The van der Waals surface area contributed by atoms with Crippen LogP contribution in [0.4, 0.5) is 0 Å². The van der Waals surface area contributed by atoms with E-state index in [4.69, 9.17) is 4.42 Å². The van der Waals surface area contributed by atoms with Crippen LogP contribution in [-0.2, 0) is 0 Å². The van der Waals surface area contributed by atoms with Crippen LogP contribution < -0.4 is 5.69 Å². The maximum atomic E-state index is 12.6. The van der Waals surface area contributed by atoms with Crippen LogP contribution in [0.1, 0.15) is 29.4 Å². The van der Waals surface area contributed by atoms with Gasteiger partial charge in [0.1, 0.15) is 0 Å². The highest BCUT2D eigenvalue weighted by atomic mass is 16.3. The van der Waals surface area contributed by atoms with Gasteiger partial charge < -0.3 is 9.32 Å². The van der Waals surface area contributed by atoms with Crippen LogP contribution in [0.5, 0.6) is 0 Å². The third-order valence-corrected chi connectivity index (χ3v) is 4.43. The van der Waals surface area contributed by atoms with Gasteiger partial charge in [0.2, 0.25) is 0 Å². The molecule has 0 radical (unpaired) electrons. The third-order valence-electron chi connectivity index (χ3n) is 4.43. The fourth-order valence-electron chi connectivity index (χ4n) is 3.09. The molecule has 1 aliphatic heterocycles. The van der Waals surface area contributed by atoms with Crippen molar-refractivity contribution in [2.75, 3.05) is 13.1 Å². The summed E-state index contributed by atoms with van der Waals surface area (Å²) < 4.78 is 7.87. The van der Waals surface area contributed by atoms with E-state index in [0.29, 0.717) is 37.4 Å². The first-order valence-corrected chi connectivity index (χ1v) is 8.17. The Labute approximate surface area is 143 Å². The van der Waals surface area contributed by atoms with Gasteiger partial charge in [0, 0.05) is 13.1 Å². The molecule has 128 valence electrons. The number of carbonyl (C=O) groups is 1. The van der Waals surface area contributed by atoms with Crippen molar-refractivity contribution in [1.29, 1.82) is 0 Å². The van der Waals surface area contributed by atoms with E-state index in [1.54, 1.807) is 17.0 Å². The number of aromatic nitrogens is 4. The first-order chi connectivity index (χ1) is 12.2. The monoisotopic (exact) mass is 339 g/mol. The van der Waals surface area contributed by atoms with E-state index in [-0.39, 0.29) is 17.6 Å². The van der Waals surface area contributed by atoms with E-state index in [1.165, 1.54) is 15.6 Å². The highest BCUT2D eigenvalue weighted by Gasteiger charge is 2.28. The van der Waals surface area contributed by atoms with Crippen LogP contribution in [0, 0.1) is 0 Å². The zero-order valence-corrected chi connectivity index (χ0v) is 13.5. The van der Waals surface area contributed by atoms with Crippen molar-refractivity contribution >= 4 is 5.91 Å². The molecule has 8 nitrogen and oxygen atoms in total. The number of carbonyl (C=O) groups excluding carboxylic acids is 1. The lowest BCUT2D eigenvalue weighted by molar-refractivity contribution is 0.0656. The number of benzene rings is 1. The molecule has 1 amide bonds. The molecule has 0 bridgehead atoms. The lowest BCUT2D eigenvalue weighted by Gasteiger charge is -2.30. The average Bonchev–Trinajstić information content (AvgIpc) is 3.32. The zero-order valence-electron chi connectivity index (χ0n) is 13.5. The Morgan fingerprint density at radius 2 is 1.80 bits per heavy atom. The Kier molecular flexibility index (Phi) is 3.93. The molecule has 3 heterocycles. The number of tetrazole rings is 1. The molecule has 1 fully saturated rings. The smallest absolute Gasteiger partial charge is 0.368 e. The van der Waals surface area contributed by atoms with E-state index in [1.807, 2.05) is 30.3 Å². The van der Waals surface area contributed by atoms with Gasteiger partial charge in [-0.1, -0.05) is 18.2 Å². The fraction of sp³-hybridized carbons (Fsp3) is 0.294. The Balaban J connectivity index is 1.48. The van der Waals surface area contributed by atoms with Crippen LogP contribution in [0.3, 0.4) is 0 Å². The van der Waals surface area contributed by atoms with Crippen molar-refractivity contribution in [3.05, 3.63) is 65.0 Å². The van der Waals surface area contributed by atoms with Gasteiger partial charge in [-0.2, -0.15) is 9.36 Å². The number of nitrogens with zero attached hydrogens (tertiary/aromatic N) is 5. The first kappa shape index (κ1) is 15.4. The lowest BCUT2D eigenvalue weighted by Crippen LogP contribution is -2.41. The summed E-state index contributed by atoms with van der Waals surface area (Å²) >= 11 is 0. The molecule has 4 rings (SSSR count). The van der Waals surface area contributed by atoms with Crippen molar-refractivity contribution < 1.29 is 9.21 Å². The second-order valence-corrected chi connectivity index (χ2v) is 5.95. The topological polar surface area (TPSA) is 86.2 Å². The number of piperidine rings is 1. The summed E-state index contributed by atoms with van der Waals surface area (Å²) in [5.41, 5.74) is 0.422. The summed E-state index contributed by atoms with van der Waals surface area (Å²) in [6.07, 6.45) is 2.79. The largest absolute Gasteiger partial charge is 0.459 e. The molecule has 1 aliphatic rings. The summed E-state index contributed by atoms with van der Waals surface area (Å²) in [6, 6.07) is 12.5. The molecule has 0 spiro atoms. The van der Waals surface area contributed by atoms with Crippen molar-refractivity contribution in [3.63, 3.8) is 0 Å². The molecule has 1 aromatic carbocycles. The molecule has 0 aliphatic carbocycles. The van der Waals surface area contributed by atoms with Gasteiger partial charge in [0.15, 0.2) is 5.76 Å². The Hall–Kier alpha value is -3.16. The van der Waals surface area contributed by atoms with E-state index in [2.05, 4.69) is 10.4 Å². The third kappa shape index (κ3) is 2.86. The van der Waals surface area contributed by atoms with Crippen molar-refractivity contribution in [1.82, 2.24) is 24.7 Å². The summed E-state index contributed by atoms with van der Waals surface area (Å²) in [7, 11) is 0. The minimum atomic E-state index is -0.262. The van der Waals surface area contributed by atoms with Crippen LogP contribution in [-0.4, -0.2) is 43.7 Å². The van der Waals surface area contributed by atoms with E-state index >= 15 is 0 Å². The second kappa shape index (κ2) is 6.39. The number of hydrogen-bond acceptors (Lipinski definition) is 5. The van der Waals surface area contributed by atoms with Gasteiger partial charge in [0.25, 0.3) is 5.91 Å². The Morgan fingerprint density at radius 3 is 2.48 bits per heavy atom. The zero-order chi connectivity index (χ0) is 17.2. The second-order valence-electron chi connectivity index (χ2n) is 5.95. The van der Waals surface area contributed by atoms with E-state index in [0.717, 1.165) is 0 Å². The van der Waals surface area contributed by atoms with Crippen LogP contribution >= 0.6 is 0 Å². The highest BCUT2D eigenvalue weighted by molar-refractivity contribution is 5.91. The predicted molar refractivity (Wildman–Crippen MR) is 88.5 cm³/mol. The van der Waals surface area contributed by atoms with Crippen LogP contribution in [0.2, 0.25) is 0 Å². The standard InChI is InChI=1S/C17H17N5O3/c23-16(15-7-4-12-25-15)20-10-8-14(9-11-20)22-17(24)21(18-19-22)13-5-2-1-3-6-13/h1-7,12,14H,8-11H2. The Bertz CT molecular complexity index is 905. The highest BCUT2D eigenvalue weighted by Crippen LogP contribution is 2.21. The maximum Gasteiger partial charge on any atom is 0.368 e. The van der Waals surface area contributed by atoms with Crippen molar-refractivity contribution in [2.24, 2.45) is 0 Å². The van der Waals surface area contributed by atoms with Crippen LogP contribution in [0.25, 0.3) is 5.69 Å². The van der Waals surface area contributed by atoms with E-state index in [9.17, 15) is 9.59 Å². The molecule has 0 saturated carbocycles. The van der Waals surface area contributed by atoms with Crippen molar-refractivity contribution in [3.8, 4) is 5.69 Å². The molecular weight excluding hydrogens is 322 g/mol. The fourth-order valence-corrected chi connectivity index (χ4v) is 3.09. The summed E-state index contributed by atoms with van der Waals surface area (Å²) in [5.74, 6) is 0.217. The maximum absolute atomic E-state index is 12.6. The van der Waals surface area contributed by atoms with Gasteiger partial charge in [0.05, 0.1) is 18.0 Å². The molecule has 0 N–H and O–H groups in total. The molecule has 3 aromatic rings. The lowest BCUT2D eigenvalue weighted by atomic mass is 10.1. The average molecular weight is 339 g/mol. The van der Waals surface area contributed by atoms with Gasteiger partial charge in [-0.3, -0.25) is 4.79 Å². The predicted octanol–water partition coefficient (Wildman–Crippen LogP) is 1.50. The Morgan fingerprint density at radius 1 is 1.04 bits per heavy atom. The molecule has 25 heavy (non-hydrogen) atoms. The summed E-state index contributed by atoms with van der Waals surface area (Å²) in [5, 5.41) is 8.01. The number of likely N-dealkylation sites (tertiary alicyclic amines) is 1. The molecule has 2 aromatic heterocycles.